The maximum Gasteiger partial charge on any atom is 0.248 e. The molecule has 0 spiro atoms. The fraction of sp³-hybridized carbons (Fsp3) is 0.158. The number of nitrogens with zero attached hydrogens (tertiary/aromatic N) is 1. The third kappa shape index (κ3) is 5.07. The third-order valence-electron chi connectivity index (χ3n) is 3.51. The molecule has 0 atom stereocenters. The largest absolute Gasteiger partial charge is 0.395 e. The Balaban J connectivity index is 2.05. The van der Waals surface area contributed by atoms with Crippen molar-refractivity contribution in [1.29, 1.82) is 0 Å². The number of amides is 2. The molecule has 0 aliphatic heterocycles. The summed E-state index contributed by atoms with van der Waals surface area (Å²) in [6.45, 7) is 0.601. The number of carbonyl (C=O) groups is 2. The molecule has 0 unspecified atom stereocenters. The Kier molecular flexibility index (Phi) is 6.28. The number of hydrogen-bond donors (Lipinski definition) is 2. The van der Waals surface area contributed by atoms with Gasteiger partial charge in [0.1, 0.15) is 0 Å². The molecule has 2 aromatic carbocycles. The second kappa shape index (κ2) is 8.64. The number of rotatable bonds is 7. The van der Waals surface area contributed by atoms with Gasteiger partial charge in [0.25, 0.3) is 0 Å². The zero-order valence-corrected chi connectivity index (χ0v) is 13.3. The van der Waals surface area contributed by atoms with Crippen LogP contribution in [0.25, 0.3) is 6.08 Å². The summed E-state index contributed by atoms with van der Waals surface area (Å²) in [4.78, 5) is 24.9. The summed E-state index contributed by atoms with van der Waals surface area (Å²) in [6.07, 6.45) is 3.13. The van der Waals surface area contributed by atoms with E-state index in [9.17, 15) is 9.59 Å². The monoisotopic (exact) mass is 324 g/mol. The maximum absolute atomic E-state index is 12.3. The first kappa shape index (κ1) is 17.4. The van der Waals surface area contributed by atoms with Crippen molar-refractivity contribution in [2.45, 2.75) is 6.54 Å². The highest BCUT2D eigenvalue weighted by molar-refractivity contribution is 5.94. The summed E-state index contributed by atoms with van der Waals surface area (Å²) in [5.74, 6) is -0.675. The minimum Gasteiger partial charge on any atom is -0.395 e. The number of aliphatic hydroxyl groups is 1. The predicted octanol–water partition coefficient (Wildman–Crippen LogP) is 1.82. The standard InChI is InChI=1S/C19H20N2O3/c20-19(24)17-9-6-15(7-10-17)8-11-18(23)21(12-13-22)14-16-4-2-1-3-5-16/h1-11,22H,12-14H2,(H2,20,24)/b11-8+. The van der Waals surface area contributed by atoms with Crippen LogP contribution in [0.1, 0.15) is 21.5 Å². The second-order valence-corrected chi connectivity index (χ2v) is 5.29. The van der Waals surface area contributed by atoms with Gasteiger partial charge < -0.3 is 15.7 Å². The lowest BCUT2D eigenvalue weighted by Crippen LogP contribution is -2.31. The molecule has 0 fully saturated rings. The molecule has 2 aromatic rings. The first-order valence-electron chi connectivity index (χ1n) is 7.62. The van der Waals surface area contributed by atoms with E-state index < -0.39 is 5.91 Å². The molecule has 124 valence electrons. The normalized spacial score (nSPS) is 10.7. The SMILES string of the molecule is NC(=O)c1ccc(/C=C/C(=O)N(CCO)Cc2ccccc2)cc1. The highest BCUT2D eigenvalue weighted by Crippen LogP contribution is 2.08. The van der Waals surface area contributed by atoms with E-state index in [0.29, 0.717) is 12.1 Å². The van der Waals surface area contributed by atoms with Gasteiger partial charge in [-0.2, -0.15) is 0 Å². The van der Waals surface area contributed by atoms with Gasteiger partial charge in [0.05, 0.1) is 6.61 Å². The first-order valence-corrected chi connectivity index (χ1v) is 7.62. The highest BCUT2D eigenvalue weighted by Gasteiger charge is 2.10. The molecule has 0 aromatic heterocycles. The zero-order chi connectivity index (χ0) is 17.4. The molecule has 3 N–H and O–H groups in total. The van der Waals surface area contributed by atoms with Crippen LogP contribution in [0.5, 0.6) is 0 Å². The fourth-order valence-electron chi connectivity index (χ4n) is 2.22. The van der Waals surface area contributed by atoms with Crippen LogP contribution in [0, 0.1) is 0 Å². The average molecular weight is 324 g/mol. The summed E-state index contributed by atoms with van der Waals surface area (Å²) >= 11 is 0. The van der Waals surface area contributed by atoms with Crippen molar-refractivity contribution in [3.8, 4) is 0 Å². The molecule has 5 nitrogen and oxygen atoms in total. The van der Waals surface area contributed by atoms with Gasteiger partial charge >= 0.3 is 0 Å². The van der Waals surface area contributed by atoms with Crippen molar-refractivity contribution < 1.29 is 14.7 Å². The fourth-order valence-corrected chi connectivity index (χ4v) is 2.22. The van der Waals surface area contributed by atoms with Gasteiger partial charge in [-0.05, 0) is 29.3 Å². The lowest BCUT2D eigenvalue weighted by molar-refractivity contribution is -0.127. The summed E-state index contributed by atoms with van der Waals surface area (Å²) in [6, 6.07) is 16.3. The zero-order valence-electron chi connectivity index (χ0n) is 13.3. The summed E-state index contributed by atoms with van der Waals surface area (Å²) in [5.41, 5.74) is 7.40. The highest BCUT2D eigenvalue weighted by atomic mass is 16.3. The van der Waals surface area contributed by atoms with E-state index >= 15 is 0 Å². The van der Waals surface area contributed by atoms with E-state index in [-0.39, 0.29) is 19.1 Å². The molecule has 24 heavy (non-hydrogen) atoms. The lowest BCUT2D eigenvalue weighted by atomic mass is 10.1. The number of carbonyl (C=O) groups excluding carboxylic acids is 2. The lowest BCUT2D eigenvalue weighted by Gasteiger charge is -2.20. The predicted molar refractivity (Wildman–Crippen MR) is 92.9 cm³/mol. The maximum atomic E-state index is 12.3. The van der Waals surface area contributed by atoms with Crippen molar-refractivity contribution in [2.75, 3.05) is 13.2 Å². The quantitative estimate of drug-likeness (QED) is 0.762. The van der Waals surface area contributed by atoms with E-state index in [0.717, 1.165) is 11.1 Å². The number of nitrogens with two attached hydrogens (primary N) is 1. The molecule has 0 radical (unpaired) electrons. The molecule has 0 saturated carbocycles. The number of primary amides is 1. The van der Waals surface area contributed by atoms with Crippen molar-refractivity contribution in [3.05, 3.63) is 77.4 Å². The van der Waals surface area contributed by atoms with Crippen LogP contribution in [-0.4, -0.2) is 35.0 Å². The van der Waals surface area contributed by atoms with Crippen molar-refractivity contribution in [3.63, 3.8) is 0 Å². The molecule has 0 saturated heterocycles. The van der Waals surface area contributed by atoms with E-state index in [4.69, 9.17) is 10.8 Å². The molecule has 0 aliphatic carbocycles. The van der Waals surface area contributed by atoms with Gasteiger partial charge in [-0.1, -0.05) is 42.5 Å². The topological polar surface area (TPSA) is 83.6 Å². The van der Waals surface area contributed by atoms with Crippen molar-refractivity contribution in [1.82, 2.24) is 4.90 Å². The van der Waals surface area contributed by atoms with Gasteiger partial charge in [-0.15, -0.1) is 0 Å². The second-order valence-electron chi connectivity index (χ2n) is 5.29. The van der Waals surface area contributed by atoms with Crippen LogP contribution in [0.4, 0.5) is 0 Å². The van der Waals surface area contributed by atoms with E-state index in [2.05, 4.69) is 0 Å². The molecule has 5 heteroatoms. The van der Waals surface area contributed by atoms with Crippen LogP contribution in [0.2, 0.25) is 0 Å². The van der Waals surface area contributed by atoms with Crippen LogP contribution < -0.4 is 5.73 Å². The van der Waals surface area contributed by atoms with Gasteiger partial charge in [0.15, 0.2) is 0 Å². The summed E-state index contributed by atoms with van der Waals surface area (Å²) in [5, 5.41) is 9.17. The summed E-state index contributed by atoms with van der Waals surface area (Å²) in [7, 11) is 0. The third-order valence-corrected chi connectivity index (χ3v) is 3.51. The average Bonchev–Trinajstić information content (AvgIpc) is 2.60. The van der Waals surface area contributed by atoms with Crippen molar-refractivity contribution in [2.24, 2.45) is 5.73 Å². The smallest absolute Gasteiger partial charge is 0.248 e. The molecule has 2 rings (SSSR count). The van der Waals surface area contributed by atoms with Crippen LogP contribution in [0.15, 0.2) is 60.7 Å². The Labute approximate surface area is 141 Å². The Morgan fingerprint density at radius 2 is 1.71 bits per heavy atom. The van der Waals surface area contributed by atoms with Gasteiger partial charge in [-0.3, -0.25) is 9.59 Å². The van der Waals surface area contributed by atoms with Crippen LogP contribution in [-0.2, 0) is 11.3 Å². The number of hydrogen-bond acceptors (Lipinski definition) is 3. The minimum absolute atomic E-state index is 0.0975. The molecule has 2 amide bonds. The van der Waals surface area contributed by atoms with Crippen LogP contribution >= 0.6 is 0 Å². The van der Waals surface area contributed by atoms with Gasteiger partial charge in [0, 0.05) is 24.7 Å². The van der Waals surface area contributed by atoms with E-state index in [1.54, 1.807) is 35.2 Å². The Bertz CT molecular complexity index is 709. The van der Waals surface area contributed by atoms with E-state index in [1.165, 1.54) is 6.08 Å². The van der Waals surface area contributed by atoms with Gasteiger partial charge in [0.2, 0.25) is 11.8 Å². The number of benzene rings is 2. The molecule has 0 bridgehead atoms. The molecule has 0 aliphatic rings. The minimum atomic E-state index is -0.487. The Morgan fingerprint density at radius 1 is 1.04 bits per heavy atom. The van der Waals surface area contributed by atoms with Crippen LogP contribution in [0.3, 0.4) is 0 Å². The molecular weight excluding hydrogens is 304 g/mol. The van der Waals surface area contributed by atoms with Gasteiger partial charge in [-0.25, -0.2) is 0 Å². The Morgan fingerprint density at radius 3 is 2.29 bits per heavy atom. The Hall–Kier alpha value is -2.92. The first-order chi connectivity index (χ1) is 11.6. The number of aliphatic hydroxyl groups excluding tert-OH is 1. The summed E-state index contributed by atoms with van der Waals surface area (Å²) < 4.78 is 0. The molecule has 0 heterocycles. The van der Waals surface area contributed by atoms with Crippen molar-refractivity contribution >= 4 is 17.9 Å². The van der Waals surface area contributed by atoms with E-state index in [1.807, 2.05) is 30.3 Å². The molecular formula is C19H20N2O3.